The highest BCUT2D eigenvalue weighted by Gasteiger charge is 2.57. The monoisotopic (exact) mass is 378 g/mol. The molecule has 2 saturated heterocycles. The summed E-state index contributed by atoms with van der Waals surface area (Å²) in [5.41, 5.74) is 5.22. The Morgan fingerprint density at radius 1 is 1.04 bits per heavy atom. The van der Waals surface area contributed by atoms with Crippen molar-refractivity contribution in [2.75, 3.05) is 13.1 Å². The van der Waals surface area contributed by atoms with E-state index in [0.29, 0.717) is 11.0 Å². The van der Waals surface area contributed by atoms with Crippen LogP contribution in [0, 0.1) is 23.2 Å². The maximum Gasteiger partial charge on any atom is 0.0343 e. The van der Waals surface area contributed by atoms with Gasteiger partial charge in [0.25, 0.3) is 0 Å². The quantitative estimate of drug-likeness (QED) is 0.616. The van der Waals surface area contributed by atoms with E-state index in [0.717, 1.165) is 24.2 Å². The van der Waals surface area contributed by atoms with Gasteiger partial charge in [0.05, 0.1) is 0 Å². The predicted octanol–water partition coefficient (Wildman–Crippen LogP) is 6.12. The van der Waals surface area contributed by atoms with Crippen LogP contribution in [0.4, 0.5) is 0 Å². The summed E-state index contributed by atoms with van der Waals surface area (Å²) in [6.45, 7) is 10.1. The van der Waals surface area contributed by atoms with Crippen LogP contribution < -0.4 is 0 Å². The zero-order valence-electron chi connectivity index (χ0n) is 18.2. The average Bonchev–Trinajstić information content (AvgIpc) is 2.94. The van der Waals surface area contributed by atoms with E-state index >= 15 is 0 Å². The van der Waals surface area contributed by atoms with Crippen LogP contribution in [0.5, 0.6) is 0 Å². The van der Waals surface area contributed by atoms with Crippen LogP contribution in [-0.2, 0) is 6.42 Å². The topological polar surface area (TPSA) is 16.1 Å². The normalized spacial score (nSPS) is 40.8. The number of fused-ring (bicyclic) bond motifs is 5. The zero-order valence-corrected chi connectivity index (χ0v) is 18.2. The lowest BCUT2D eigenvalue weighted by molar-refractivity contribution is -0.0868. The Bertz CT molecular complexity index is 767. The third-order valence-corrected chi connectivity index (χ3v) is 9.40. The molecule has 0 bridgehead atoms. The highest BCUT2D eigenvalue weighted by Crippen LogP contribution is 2.63. The summed E-state index contributed by atoms with van der Waals surface area (Å²) in [6, 6.07) is 2.41. The van der Waals surface area contributed by atoms with Crippen LogP contribution in [0.2, 0.25) is 0 Å². The number of allylic oxidation sites excluding steroid dienone is 2. The summed E-state index contributed by atoms with van der Waals surface area (Å²) in [6.07, 6.45) is 19.1. The lowest BCUT2D eigenvalue weighted by Gasteiger charge is -2.60. The summed E-state index contributed by atoms with van der Waals surface area (Å²) >= 11 is 0. The summed E-state index contributed by atoms with van der Waals surface area (Å²) < 4.78 is 0. The van der Waals surface area contributed by atoms with Crippen molar-refractivity contribution >= 4 is 5.57 Å². The Hall–Kier alpha value is -1.15. The van der Waals surface area contributed by atoms with Gasteiger partial charge in [0.2, 0.25) is 0 Å². The van der Waals surface area contributed by atoms with E-state index in [1.54, 1.807) is 5.57 Å². The third-order valence-electron chi connectivity index (χ3n) is 9.40. The molecule has 1 saturated carbocycles. The first kappa shape index (κ1) is 18.9. The van der Waals surface area contributed by atoms with E-state index in [1.165, 1.54) is 75.6 Å². The number of hydrogen-bond acceptors (Lipinski definition) is 2. The molecule has 1 unspecified atom stereocenters. The van der Waals surface area contributed by atoms with Gasteiger partial charge in [-0.05, 0) is 111 Å². The Balaban J connectivity index is 1.44. The van der Waals surface area contributed by atoms with Crippen LogP contribution in [0.3, 0.4) is 0 Å². The van der Waals surface area contributed by atoms with E-state index in [2.05, 4.69) is 49.0 Å². The molecule has 152 valence electrons. The first-order chi connectivity index (χ1) is 13.6. The van der Waals surface area contributed by atoms with Gasteiger partial charge in [-0.15, -0.1) is 0 Å². The lowest BCUT2D eigenvalue weighted by Crippen LogP contribution is -2.61. The number of pyridine rings is 1. The second kappa shape index (κ2) is 6.97. The fourth-order valence-corrected chi connectivity index (χ4v) is 7.77. The van der Waals surface area contributed by atoms with Gasteiger partial charge in [0, 0.05) is 17.9 Å². The average molecular weight is 379 g/mol. The summed E-state index contributed by atoms with van der Waals surface area (Å²) in [5.74, 6) is 2.66. The summed E-state index contributed by atoms with van der Waals surface area (Å²) in [4.78, 5) is 7.48. The van der Waals surface area contributed by atoms with Gasteiger partial charge in [-0.25, -0.2) is 0 Å². The fourth-order valence-electron chi connectivity index (χ4n) is 7.77. The Labute approximate surface area is 171 Å². The van der Waals surface area contributed by atoms with Crippen LogP contribution in [0.1, 0.15) is 83.3 Å². The first-order valence-electron chi connectivity index (χ1n) is 12.0. The van der Waals surface area contributed by atoms with Crippen LogP contribution in [0.15, 0.2) is 24.5 Å². The van der Waals surface area contributed by atoms with Gasteiger partial charge in [-0.3, -0.25) is 9.88 Å². The molecule has 2 aliphatic heterocycles. The number of aromatic nitrogens is 1. The fraction of sp³-hybridized carbons (Fsp3) is 0.731. The van der Waals surface area contributed by atoms with Crippen LogP contribution in [-0.4, -0.2) is 28.5 Å². The van der Waals surface area contributed by atoms with Gasteiger partial charge in [0.15, 0.2) is 0 Å². The van der Waals surface area contributed by atoms with E-state index in [9.17, 15) is 0 Å². The molecule has 0 aromatic carbocycles. The first-order valence-corrected chi connectivity index (χ1v) is 12.0. The minimum Gasteiger partial charge on any atom is -0.298 e. The molecule has 2 nitrogen and oxygen atoms in total. The molecule has 1 aromatic rings. The van der Waals surface area contributed by atoms with Gasteiger partial charge in [-0.2, -0.15) is 0 Å². The molecule has 3 heterocycles. The predicted molar refractivity (Wildman–Crippen MR) is 117 cm³/mol. The molecule has 0 spiro atoms. The van der Waals surface area contributed by atoms with Crippen molar-refractivity contribution in [3.63, 3.8) is 0 Å². The molecule has 3 fully saturated rings. The van der Waals surface area contributed by atoms with Crippen molar-refractivity contribution in [1.82, 2.24) is 9.88 Å². The highest BCUT2D eigenvalue weighted by atomic mass is 15.2. The molecule has 0 amide bonds. The van der Waals surface area contributed by atoms with Crippen molar-refractivity contribution < 1.29 is 0 Å². The van der Waals surface area contributed by atoms with Crippen molar-refractivity contribution in [1.29, 1.82) is 0 Å². The second-order valence-corrected chi connectivity index (χ2v) is 10.6. The third kappa shape index (κ3) is 2.74. The van der Waals surface area contributed by atoms with Crippen LogP contribution >= 0.6 is 0 Å². The van der Waals surface area contributed by atoms with E-state index in [4.69, 9.17) is 0 Å². The van der Waals surface area contributed by atoms with E-state index < -0.39 is 0 Å². The number of rotatable bonds is 2. The van der Waals surface area contributed by atoms with E-state index in [-0.39, 0.29) is 0 Å². The van der Waals surface area contributed by atoms with Gasteiger partial charge >= 0.3 is 0 Å². The maximum absolute atomic E-state index is 4.58. The minimum absolute atomic E-state index is 0.360. The molecule has 4 aliphatic rings. The van der Waals surface area contributed by atoms with Crippen molar-refractivity contribution in [3.05, 3.63) is 35.7 Å². The molecule has 1 aromatic heterocycles. The lowest BCUT2D eigenvalue weighted by atomic mass is 9.52. The van der Waals surface area contributed by atoms with E-state index in [1.807, 2.05) is 6.20 Å². The molecule has 0 radical (unpaired) electrons. The van der Waals surface area contributed by atoms with Gasteiger partial charge in [0.1, 0.15) is 0 Å². The Morgan fingerprint density at radius 3 is 2.79 bits per heavy atom. The number of piperidine rings is 1. The smallest absolute Gasteiger partial charge is 0.0343 e. The van der Waals surface area contributed by atoms with Gasteiger partial charge < -0.3 is 0 Å². The number of nitrogens with zero attached hydrogens (tertiary/aromatic N) is 2. The van der Waals surface area contributed by atoms with Crippen molar-refractivity contribution in [2.24, 2.45) is 23.2 Å². The summed E-state index contributed by atoms with van der Waals surface area (Å²) in [7, 11) is 0. The molecule has 0 N–H and O–H groups in total. The minimum atomic E-state index is 0.360. The zero-order chi connectivity index (χ0) is 19.4. The SMILES string of the molecule is CCc1cncc(C2=CC[C@H]3[C@@H]4CCN5CCCCC[C@]5(C)C4CC[C@]23C)c1. The molecule has 2 aliphatic carbocycles. The maximum atomic E-state index is 4.58. The Kier molecular flexibility index (Phi) is 4.69. The van der Waals surface area contributed by atoms with Crippen LogP contribution in [0.25, 0.3) is 5.57 Å². The molecule has 5 atom stereocenters. The number of hydrogen-bond donors (Lipinski definition) is 0. The molecular formula is C26H38N2. The van der Waals surface area contributed by atoms with Crippen molar-refractivity contribution in [3.8, 4) is 0 Å². The molecule has 28 heavy (non-hydrogen) atoms. The highest BCUT2D eigenvalue weighted by molar-refractivity contribution is 5.72. The standard InChI is InChI=1S/C26H38N2/c1-4-19-16-20(18-27-17-19)22-8-9-23-21-11-15-28-14-7-5-6-12-26(28,3)24(21)10-13-25(22,23)2/h8,16-18,21,23-24H,4-7,9-15H2,1-3H3/t21-,23-,24?,25+,26+/m0/s1. The number of aryl methyl sites for hydroxylation is 1. The van der Waals surface area contributed by atoms with Gasteiger partial charge in [-0.1, -0.05) is 32.8 Å². The second-order valence-electron chi connectivity index (χ2n) is 10.6. The molecule has 5 rings (SSSR count). The molecule has 2 heteroatoms. The Morgan fingerprint density at radius 2 is 1.93 bits per heavy atom. The summed E-state index contributed by atoms with van der Waals surface area (Å²) in [5, 5.41) is 0. The largest absolute Gasteiger partial charge is 0.298 e. The van der Waals surface area contributed by atoms with Crippen molar-refractivity contribution in [2.45, 2.75) is 84.1 Å². The molecular weight excluding hydrogens is 340 g/mol.